The maximum absolute atomic E-state index is 11.6. The number of rotatable bonds is 4. The van der Waals surface area contributed by atoms with Gasteiger partial charge in [-0.2, -0.15) is 0 Å². The molecule has 88 valence electrons. The summed E-state index contributed by atoms with van der Waals surface area (Å²) < 4.78 is 0. The molecule has 2 aromatic rings. The molecule has 0 bridgehead atoms. The summed E-state index contributed by atoms with van der Waals surface area (Å²) in [6.45, 7) is 3.90. The standard InChI is InChI=1S/C15H17NO/c1-3-15(17)11(2)8-12-9-13-6-4-5-7-14(13)16-10-12/h4-7,9-11H,3,8H2,1-2H3. The van der Waals surface area contributed by atoms with Crippen LogP contribution in [0.3, 0.4) is 0 Å². The van der Waals surface area contributed by atoms with E-state index < -0.39 is 0 Å². The molecule has 1 atom stereocenters. The molecule has 0 radical (unpaired) electrons. The fraction of sp³-hybridized carbons (Fsp3) is 0.333. The Morgan fingerprint density at radius 3 is 2.88 bits per heavy atom. The largest absolute Gasteiger partial charge is 0.299 e. The van der Waals surface area contributed by atoms with E-state index in [1.54, 1.807) is 0 Å². The quantitative estimate of drug-likeness (QED) is 0.801. The molecular formula is C15H17NO. The average molecular weight is 227 g/mol. The molecule has 0 amide bonds. The zero-order valence-electron chi connectivity index (χ0n) is 10.3. The van der Waals surface area contributed by atoms with Gasteiger partial charge in [0.2, 0.25) is 0 Å². The van der Waals surface area contributed by atoms with E-state index in [4.69, 9.17) is 0 Å². The maximum atomic E-state index is 11.6. The lowest BCUT2D eigenvalue weighted by Gasteiger charge is -2.09. The number of fused-ring (bicyclic) bond motifs is 1. The highest BCUT2D eigenvalue weighted by molar-refractivity contribution is 5.81. The van der Waals surface area contributed by atoms with E-state index in [1.165, 1.54) is 0 Å². The van der Waals surface area contributed by atoms with Gasteiger partial charge in [0.15, 0.2) is 0 Å². The number of aromatic nitrogens is 1. The number of pyridine rings is 1. The normalized spacial score (nSPS) is 12.6. The third-order valence-electron chi connectivity index (χ3n) is 3.09. The Morgan fingerprint density at radius 2 is 2.12 bits per heavy atom. The fourth-order valence-electron chi connectivity index (χ4n) is 2.04. The number of hydrogen-bond acceptors (Lipinski definition) is 2. The lowest BCUT2D eigenvalue weighted by Crippen LogP contribution is -2.12. The second kappa shape index (κ2) is 5.09. The SMILES string of the molecule is CCC(=O)C(C)Cc1cnc2ccccc2c1. The third kappa shape index (κ3) is 2.70. The van der Waals surface area contributed by atoms with Gasteiger partial charge in [0.1, 0.15) is 5.78 Å². The number of carbonyl (C=O) groups excluding carboxylic acids is 1. The van der Waals surface area contributed by atoms with Gasteiger partial charge in [0, 0.05) is 23.9 Å². The van der Waals surface area contributed by atoms with Crippen LogP contribution in [0.5, 0.6) is 0 Å². The van der Waals surface area contributed by atoms with Crippen LogP contribution in [0, 0.1) is 5.92 Å². The molecule has 2 heteroatoms. The van der Waals surface area contributed by atoms with Crippen LogP contribution in [0.1, 0.15) is 25.8 Å². The summed E-state index contributed by atoms with van der Waals surface area (Å²) in [6, 6.07) is 10.2. The Morgan fingerprint density at radius 1 is 1.35 bits per heavy atom. The van der Waals surface area contributed by atoms with Crippen LogP contribution in [0.15, 0.2) is 36.5 Å². The van der Waals surface area contributed by atoms with Gasteiger partial charge in [-0.1, -0.05) is 32.0 Å². The molecule has 1 heterocycles. The van der Waals surface area contributed by atoms with Crippen molar-refractivity contribution in [1.29, 1.82) is 0 Å². The van der Waals surface area contributed by atoms with Crippen LogP contribution in [0.25, 0.3) is 10.9 Å². The van der Waals surface area contributed by atoms with E-state index in [9.17, 15) is 4.79 Å². The number of carbonyl (C=O) groups is 1. The van der Waals surface area contributed by atoms with Crippen LogP contribution in [-0.2, 0) is 11.2 Å². The van der Waals surface area contributed by atoms with Crippen LogP contribution in [-0.4, -0.2) is 10.8 Å². The van der Waals surface area contributed by atoms with Crippen molar-refractivity contribution >= 4 is 16.7 Å². The van der Waals surface area contributed by atoms with Crippen LogP contribution in [0.2, 0.25) is 0 Å². The highest BCUT2D eigenvalue weighted by Gasteiger charge is 2.11. The van der Waals surface area contributed by atoms with Crippen molar-refractivity contribution in [2.24, 2.45) is 5.92 Å². The van der Waals surface area contributed by atoms with Crippen LogP contribution >= 0.6 is 0 Å². The van der Waals surface area contributed by atoms with E-state index in [2.05, 4.69) is 17.1 Å². The molecule has 17 heavy (non-hydrogen) atoms. The number of para-hydroxylation sites is 1. The van der Waals surface area contributed by atoms with Crippen molar-refractivity contribution in [2.45, 2.75) is 26.7 Å². The predicted molar refractivity (Wildman–Crippen MR) is 69.9 cm³/mol. The number of ketones is 1. The molecule has 0 aliphatic rings. The molecule has 2 rings (SSSR count). The van der Waals surface area contributed by atoms with Crippen molar-refractivity contribution in [1.82, 2.24) is 4.98 Å². The molecular weight excluding hydrogens is 210 g/mol. The lowest BCUT2D eigenvalue weighted by molar-refractivity contribution is -0.122. The van der Waals surface area contributed by atoms with Crippen LogP contribution in [0.4, 0.5) is 0 Å². The Bertz CT molecular complexity index is 533. The summed E-state index contributed by atoms with van der Waals surface area (Å²) in [4.78, 5) is 16.0. The van der Waals surface area contributed by atoms with Gasteiger partial charge in [-0.15, -0.1) is 0 Å². The predicted octanol–water partition coefficient (Wildman–Crippen LogP) is 3.39. The second-order valence-corrected chi connectivity index (χ2v) is 4.46. The smallest absolute Gasteiger partial charge is 0.135 e. The van der Waals surface area contributed by atoms with Gasteiger partial charge >= 0.3 is 0 Å². The van der Waals surface area contributed by atoms with Gasteiger partial charge in [-0.05, 0) is 24.1 Å². The zero-order chi connectivity index (χ0) is 12.3. The number of hydrogen-bond donors (Lipinski definition) is 0. The second-order valence-electron chi connectivity index (χ2n) is 4.46. The van der Waals surface area contributed by atoms with E-state index in [-0.39, 0.29) is 5.92 Å². The van der Waals surface area contributed by atoms with E-state index in [0.29, 0.717) is 12.2 Å². The van der Waals surface area contributed by atoms with Crippen molar-refractivity contribution in [3.05, 3.63) is 42.1 Å². The summed E-state index contributed by atoms with van der Waals surface area (Å²) in [6.07, 6.45) is 3.27. The summed E-state index contributed by atoms with van der Waals surface area (Å²) in [5.74, 6) is 0.404. The Labute approximate surface area is 102 Å². The van der Waals surface area contributed by atoms with Crippen molar-refractivity contribution < 1.29 is 4.79 Å². The van der Waals surface area contributed by atoms with Gasteiger partial charge in [-0.3, -0.25) is 9.78 Å². The average Bonchev–Trinajstić information content (AvgIpc) is 2.37. The minimum absolute atomic E-state index is 0.0861. The molecule has 0 aliphatic heterocycles. The molecule has 1 aromatic carbocycles. The Balaban J connectivity index is 2.22. The Hall–Kier alpha value is -1.70. The molecule has 1 unspecified atom stereocenters. The van der Waals surface area contributed by atoms with Gasteiger partial charge < -0.3 is 0 Å². The van der Waals surface area contributed by atoms with E-state index in [1.807, 2.05) is 38.2 Å². The first-order chi connectivity index (χ1) is 8.20. The number of nitrogens with zero attached hydrogens (tertiary/aromatic N) is 1. The van der Waals surface area contributed by atoms with Crippen molar-refractivity contribution in [2.75, 3.05) is 0 Å². The van der Waals surface area contributed by atoms with Crippen molar-refractivity contribution in [3.63, 3.8) is 0 Å². The van der Waals surface area contributed by atoms with Gasteiger partial charge in [0.25, 0.3) is 0 Å². The summed E-state index contributed by atoms with van der Waals surface area (Å²) >= 11 is 0. The topological polar surface area (TPSA) is 30.0 Å². The van der Waals surface area contributed by atoms with Gasteiger partial charge in [-0.25, -0.2) is 0 Å². The molecule has 0 aliphatic carbocycles. The number of Topliss-reactive ketones (excluding diaryl/α,β-unsaturated/α-hetero) is 1. The molecule has 0 spiro atoms. The first kappa shape index (κ1) is 11.8. The highest BCUT2D eigenvalue weighted by atomic mass is 16.1. The van der Waals surface area contributed by atoms with Crippen LogP contribution < -0.4 is 0 Å². The third-order valence-corrected chi connectivity index (χ3v) is 3.09. The molecule has 1 aromatic heterocycles. The summed E-state index contributed by atoms with van der Waals surface area (Å²) in [5, 5.41) is 1.14. The highest BCUT2D eigenvalue weighted by Crippen LogP contribution is 2.16. The molecule has 0 saturated carbocycles. The summed E-state index contributed by atoms with van der Waals surface area (Å²) in [7, 11) is 0. The monoisotopic (exact) mass is 227 g/mol. The molecule has 0 saturated heterocycles. The first-order valence-corrected chi connectivity index (χ1v) is 6.07. The number of benzene rings is 1. The zero-order valence-corrected chi connectivity index (χ0v) is 10.3. The molecule has 2 nitrogen and oxygen atoms in total. The molecule has 0 fully saturated rings. The van der Waals surface area contributed by atoms with Gasteiger partial charge in [0.05, 0.1) is 5.52 Å². The van der Waals surface area contributed by atoms with E-state index in [0.717, 1.165) is 22.9 Å². The minimum Gasteiger partial charge on any atom is -0.299 e. The minimum atomic E-state index is 0.0861. The lowest BCUT2D eigenvalue weighted by atomic mass is 9.96. The maximum Gasteiger partial charge on any atom is 0.135 e. The van der Waals surface area contributed by atoms with Crippen molar-refractivity contribution in [3.8, 4) is 0 Å². The first-order valence-electron chi connectivity index (χ1n) is 6.07. The fourth-order valence-corrected chi connectivity index (χ4v) is 2.04. The summed E-state index contributed by atoms with van der Waals surface area (Å²) in [5.41, 5.74) is 2.14. The Kier molecular flexibility index (Phi) is 3.52. The van der Waals surface area contributed by atoms with E-state index >= 15 is 0 Å². The molecule has 0 N–H and O–H groups in total.